The topological polar surface area (TPSA) is 72.8 Å². The van der Waals surface area contributed by atoms with Crippen LogP contribution in [0.1, 0.15) is 0 Å². The lowest BCUT2D eigenvalue weighted by Crippen LogP contribution is -2.54. The summed E-state index contributed by atoms with van der Waals surface area (Å²) in [5.74, 6) is -0.298. The Morgan fingerprint density at radius 2 is 2.00 bits per heavy atom. The summed E-state index contributed by atoms with van der Waals surface area (Å²) in [6.07, 6.45) is -0.377. The van der Waals surface area contributed by atoms with Gasteiger partial charge in [-0.25, -0.2) is 0 Å². The molecule has 2 aliphatic heterocycles. The van der Waals surface area contributed by atoms with E-state index in [-0.39, 0.29) is 11.9 Å². The molecule has 2 heterocycles. The van der Waals surface area contributed by atoms with Crippen LogP contribution in [0.4, 0.5) is 0 Å². The summed E-state index contributed by atoms with van der Waals surface area (Å²) in [5, 5.41) is 0. The van der Waals surface area contributed by atoms with Gasteiger partial charge in [0.15, 0.2) is 6.73 Å². The zero-order valence-corrected chi connectivity index (χ0v) is 9.28. The van der Waals surface area contributed by atoms with Gasteiger partial charge in [-0.05, 0) is 0 Å². The lowest BCUT2D eigenvalue weighted by Gasteiger charge is -2.35. The average Bonchev–Trinajstić information content (AvgIpc) is 2.47. The van der Waals surface area contributed by atoms with E-state index in [9.17, 15) is 8.42 Å². The van der Waals surface area contributed by atoms with E-state index in [2.05, 4.69) is 0 Å². The summed E-state index contributed by atoms with van der Waals surface area (Å²) in [6.45, 7) is 4.31. The predicted octanol–water partition coefficient (Wildman–Crippen LogP) is -0.922. The Morgan fingerprint density at radius 1 is 1.33 bits per heavy atom. The molecule has 2 saturated heterocycles. The maximum atomic E-state index is 10.7. The van der Waals surface area contributed by atoms with Gasteiger partial charge in [-0.3, -0.25) is 9.04 Å². The number of morpholine rings is 1. The van der Waals surface area contributed by atoms with Crippen molar-refractivity contribution in [2.75, 3.05) is 45.3 Å². The highest BCUT2D eigenvalue weighted by Crippen LogP contribution is 2.21. The first-order chi connectivity index (χ1) is 6.99. The first-order valence-electron chi connectivity index (χ1n) is 4.99. The molecule has 88 valence electrons. The fraction of sp³-hybridized carbons (Fsp3) is 1.00. The molecule has 0 saturated carbocycles. The Morgan fingerprint density at radius 3 is 2.60 bits per heavy atom. The van der Waals surface area contributed by atoms with E-state index in [0.717, 1.165) is 17.6 Å². The quantitative estimate of drug-likeness (QED) is 0.497. The third-order valence-corrected chi connectivity index (χ3v) is 3.78. The first kappa shape index (κ1) is 11.3. The van der Waals surface area contributed by atoms with Crippen molar-refractivity contribution in [3.05, 3.63) is 0 Å². The molecule has 0 aromatic rings. The number of hydrogen-bond donors (Lipinski definition) is 1. The third-order valence-electron chi connectivity index (χ3n) is 2.99. The van der Waals surface area contributed by atoms with Crippen LogP contribution in [-0.4, -0.2) is 68.9 Å². The van der Waals surface area contributed by atoms with Crippen molar-refractivity contribution < 1.29 is 26.9 Å². The molecular formula is C8H16NO5S+. The Balaban J connectivity index is 1.93. The third kappa shape index (κ3) is 2.88. The molecule has 2 rings (SSSR count). The second kappa shape index (κ2) is 3.99. The molecule has 0 bridgehead atoms. The zero-order valence-electron chi connectivity index (χ0n) is 8.46. The van der Waals surface area contributed by atoms with Crippen molar-refractivity contribution >= 4 is 10.1 Å². The molecule has 1 unspecified atom stereocenters. The lowest BCUT2D eigenvalue weighted by molar-refractivity contribution is -0.932. The van der Waals surface area contributed by atoms with Crippen LogP contribution in [0.15, 0.2) is 0 Å². The van der Waals surface area contributed by atoms with Gasteiger partial charge in [-0.1, -0.05) is 0 Å². The molecular weight excluding hydrogens is 222 g/mol. The van der Waals surface area contributed by atoms with E-state index >= 15 is 0 Å². The minimum absolute atomic E-state index is 0.298. The van der Waals surface area contributed by atoms with E-state index in [1.54, 1.807) is 0 Å². The SMILES string of the molecule is O=S(=O)(O)CC1C[N+]2(CCOCC2)CO1. The average molecular weight is 238 g/mol. The molecule has 0 aromatic heterocycles. The Labute approximate surface area is 89.1 Å². The molecule has 0 aliphatic carbocycles. The first-order valence-corrected chi connectivity index (χ1v) is 6.60. The van der Waals surface area contributed by atoms with Crippen LogP contribution in [0.25, 0.3) is 0 Å². The summed E-state index contributed by atoms with van der Waals surface area (Å²) in [4.78, 5) is 0. The van der Waals surface area contributed by atoms with E-state index < -0.39 is 10.1 Å². The fourth-order valence-corrected chi connectivity index (χ4v) is 2.85. The van der Waals surface area contributed by atoms with Gasteiger partial charge in [-0.15, -0.1) is 0 Å². The number of nitrogens with zero attached hydrogens (tertiary/aromatic N) is 1. The van der Waals surface area contributed by atoms with Gasteiger partial charge in [0, 0.05) is 0 Å². The molecule has 2 aliphatic rings. The maximum Gasteiger partial charge on any atom is 0.267 e. The molecule has 0 radical (unpaired) electrons. The normalized spacial score (nSPS) is 30.9. The van der Waals surface area contributed by atoms with Gasteiger partial charge in [0.2, 0.25) is 0 Å². The molecule has 15 heavy (non-hydrogen) atoms. The largest absolute Gasteiger partial charge is 0.370 e. The second-order valence-electron chi connectivity index (χ2n) is 4.25. The molecule has 0 amide bonds. The van der Waals surface area contributed by atoms with Crippen molar-refractivity contribution in [1.82, 2.24) is 0 Å². The minimum atomic E-state index is -3.93. The number of ether oxygens (including phenoxy) is 2. The smallest absolute Gasteiger partial charge is 0.267 e. The summed E-state index contributed by atoms with van der Waals surface area (Å²) < 4.78 is 41.5. The molecule has 0 aromatic carbocycles. The van der Waals surface area contributed by atoms with Gasteiger partial charge >= 0.3 is 0 Å². The van der Waals surface area contributed by atoms with Crippen LogP contribution in [0, 0.1) is 0 Å². The van der Waals surface area contributed by atoms with E-state index in [0.29, 0.717) is 26.5 Å². The van der Waals surface area contributed by atoms with Crippen molar-refractivity contribution in [3.8, 4) is 0 Å². The maximum absolute atomic E-state index is 10.7. The molecule has 7 heteroatoms. The summed E-state index contributed by atoms with van der Waals surface area (Å²) in [7, 11) is -3.93. The number of hydrogen-bond acceptors (Lipinski definition) is 4. The van der Waals surface area contributed by atoms with Gasteiger partial charge in [0.1, 0.15) is 31.5 Å². The summed E-state index contributed by atoms with van der Waals surface area (Å²) in [5.41, 5.74) is 0. The van der Waals surface area contributed by atoms with E-state index in [4.69, 9.17) is 14.0 Å². The molecule has 2 fully saturated rings. The molecule has 1 N–H and O–H groups in total. The molecule has 1 spiro atoms. The van der Waals surface area contributed by atoms with Crippen LogP contribution in [0.2, 0.25) is 0 Å². The highest BCUT2D eigenvalue weighted by molar-refractivity contribution is 7.85. The fourth-order valence-electron chi connectivity index (χ4n) is 2.18. The second-order valence-corrected chi connectivity index (χ2v) is 5.75. The highest BCUT2D eigenvalue weighted by Gasteiger charge is 2.41. The van der Waals surface area contributed by atoms with Gasteiger partial charge in [0.25, 0.3) is 10.1 Å². The van der Waals surface area contributed by atoms with Gasteiger partial charge < -0.3 is 9.47 Å². The van der Waals surface area contributed by atoms with Gasteiger partial charge in [-0.2, -0.15) is 8.42 Å². The molecule has 1 atom stereocenters. The van der Waals surface area contributed by atoms with Gasteiger partial charge in [0.05, 0.1) is 13.2 Å². The predicted molar refractivity (Wildman–Crippen MR) is 51.8 cm³/mol. The summed E-state index contributed by atoms with van der Waals surface area (Å²) >= 11 is 0. The van der Waals surface area contributed by atoms with E-state index in [1.807, 2.05) is 0 Å². The Hall–Kier alpha value is -0.210. The van der Waals surface area contributed by atoms with Crippen molar-refractivity contribution in [2.24, 2.45) is 0 Å². The monoisotopic (exact) mass is 238 g/mol. The van der Waals surface area contributed by atoms with Crippen LogP contribution in [0.5, 0.6) is 0 Å². The highest BCUT2D eigenvalue weighted by atomic mass is 32.2. The Bertz CT molecular complexity index is 322. The van der Waals surface area contributed by atoms with Crippen molar-refractivity contribution in [2.45, 2.75) is 6.10 Å². The van der Waals surface area contributed by atoms with E-state index in [1.165, 1.54) is 0 Å². The van der Waals surface area contributed by atoms with Crippen LogP contribution in [0.3, 0.4) is 0 Å². The molecule has 6 nitrogen and oxygen atoms in total. The van der Waals surface area contributed by atoms with Crippen molar-refractivity contribution in [1.29, 1.82) is 0 Å². The lowest BCUT2D eigenvalue weighted by atomic mass is 10.3. The zero-order chi connectivity index (χ0) is 10.9. The summed E-state index contributed by atoms with van der Waals surface area (Å²) in [6, 6.07) is 0. The van der Waals surface area contributed by atoms with Crippen LogP contribution >= 0.6 is 0 Å². The number of rotatable bonds is 2. The number of quaternary nitrogens is 1. The van der Waals surface area contributed by atoms with Crippen LogP contribution < -0.4 is 0 Å². The minimum Gasteiger partial charge on any atom is -0.370 e. The van der Waals surface area contributed by atoms with Crippen LogP contribution in [-0.2, 0) is 19.6 Å². The van der Waals surface area contributed by atoms with Crippen molar-refractivity contribution in [3.63, 3.8) is 0 Å². The standard InChI is InChI=1S/C8H15NO5S/c10-15(11,12)6-8-5-9(7-14-8)1-3-13-4-2-9/h8H,1-7H2/p+1. The Kier molecular flexibility index (Phi) is 3.00.